The first kappa shape index (κ1) is 31.5. The summed E-state index contributed by atoms with van der Waals surface area (Å²) in [5, 5.41) is 18.3. The number of rotatable bonds is 13. The van der Waals surface area contributed by atoms with Crippen LogP contribution in [0.2, 0.25) is 0 Å². The Labute approximate surface area is 243 Å². The molecule has 1 atom stereocenters. The number of phenols is 1. The number of alkyl carbamates (subject to hydrolysis) is 1. The number of anilines is 1. The molecule has 1 unspecified atom stereocenters. The number of unbranched alkanes of at least 4 members (excludes halogenated alkanes) is 5. The van der Waals surface area contributed by atoms with E-state index in [0.717, 1.165) is 42.9 Å². The van der Waals surface area contributed by atoms with E-state index in [4.69, 9.17) is 4.74 Å². The highest BCUT2D eigenvalue weighted by Gasteiger charge is 2.33. The van der Waals surface area contributed by atoms with Gasteiger partial charge < -0.3 is 25.4 Å². The van der Waals surface area contributed by atoms with Crippen molar-refractivity contribution in [1.82, 2.24) is 10.2 Å². The Hall–Kier alpha value is -4.07. The summed E-state index contributed by atoms with van der Waals surface area (Å²) in [6.07, 6.45) is 5.26. The molecule has 0 saturated carbocycles. The minimum atomic E-state index is -1.12. The highest BCUT2D eigenvalue weighted by Crippen LogP contribution is 2.31. The van der Waals surface area contributed by atoms with Crippen molar-refractivity contribution in [1.29, 1.82) is 0 Å². The standard InChI is InChI=1S/C33H43N3O5/c1-5-6-7-8-9-14-21-36(29(38)23-34-32(40)41-33(2,3)4)30(27-17-12-13-18-28(27)37)31(39)35-26-20-19-24-15-10-11-16-25(24)22-26/h10-13,15-20,22,30,37H,5-9,14,21,23H2,1-4H3,(H,34,40)(H,35,39). The molecule has 0 aliphatic carbocycles. The van der Waals surface area contributed by atoms with Crippen molar-refractivity contribution < 1.29 is 24.2 Å². The predicted molar refractivity (Wildman–Crippen MR) is 163 cm³/mol. The number of phenolic OH excluding ortho intramolecular Hbond substituents is 1. The third-order valence-corrected chi connectivity index (χ3v) is 6.66. The third-order valence-electron chi connectivity index (χ3n) is 6.66. The van der Waals surface area contributed by atoms with Crippen molar-refractivity contribution >= 4 is 34.4 Å². The molecule has 0 heterocycles. The molecule has 0 fully saturated rings. The fourth-order valence-corrected chi connectivity index (χ4v) is 4.67. The lowest BCUT2D eigenvalue weighted by Crippen LogP contribution is -2.47. The summed E-state index contributed by atoms with van der Waals surface area (Å²) in [5.74, 6) is -1.00. The first-order chi connectivity index (χ1) is 19.6. The highest BCUT2D eigenvalue weighted by atomic mass is 16.6. The van der Waals surface area contributed by atoms with Crippen molar-refractivity contribution in [3.8, 4) is 5.75 Å². The van der Waals surface area contributed by atoms with Gasteiger partial charge in [0.15, 0.2) is 0 Å². The maximum atomic E-state index is 13.9. The van der Waals surface area contributed by atoms with Gasteiger partial charge in [0.25, 0.3) is 5.91 Å². The molecule has 3 amide bonds. The van der Waals surface area contributed by atoms with E-state index in [1.807, 2.05) is 42.5 Å². The monoisotopic (exact) mass is 561 g/mol. The van der Waals surface area contributed by atoms with Crippen LogP contribution in [0.3, 0.4) is 0 Å². The molecule has 41 heavy (non-hydrogen) atoms. The molecule has 3 aromatic rings. The van der Waals surface area contributed by atoms with Gasteiger partial charge in [0.05, 0.1) is 0 Å². The van der Waals surface area contributed by atoms with Crippen LogP contribution in [-0.2, 0) is 14.3 Å². The first-order valence-electron chi connectivity index (χ1n) is 14.4. The van der Waals surface area contributed by atoms with Crippen LogP contribution in [0.4, 0.5) is 10.5 Å². The average Bonchev–Trinajstić information content (AvgIpc) is 2.92. The maximum absolute atomic E-state index is 13.9. The minimum absolute atomic E-state index is 0.0907. The van der Waals surface area contributed by atoms with Crippen molar-refractivity contribution in [3.05, 3.63) is 72.3 Å². The number of amides is 3. The summed E-state index contributed by atoms with van der Waals surface area (Å²) >= 11 is 0. The van der Waals surface area contributed by atoms with E-state index in [1.165, 1.54) is 11.0 Å². The van der Waals surface area contributed by atoms with E-state index >= 15 is 0 Å². The lowest BCUT2D eigenvalue weighted by atomic mass is 10.0. The Morgan fingerprint density at radius 2 is 1.54 bits per heavy atom. The molecule has 0 spiro atoms. The van der Waals surface area contributed by atoms with Crippen LogP contribution >= 0.6 is 0 Å². The average molecular weight is 562 g/mol. The fraction of sp³-hybridized carbons (Fsp3) is 0.424. The van der Waals surface area contributed by atoms with Crippen LogP contribution in [0.25, 0.3) is 10.8 Å². The Kier molecular flexibility index (Phi) is 11.6. The van der Waals surface area contributed by atoms with Crippen LogP contribution < -0.4 is 10.6 Å². The zero-order chi connectivity index (χ0) is 29.8. The second-order valence-corrected chi connectivity index (χ2v) is 11.2. The number of aromatic hydroxyl groups is 1. The number of benzene rings is 3. The Balaban J connectivity index is 1.89. The van der Waals surface area contributed by atoms with E-state index in [-0.39, 0.29) is 18.8 Å². The first-order valence-corrected chi connectivity index (χ1v) is 14.4. The molecular weight excluding hydrogens is 518 g/mol. The molecule has 0 aliphatic heterocycles. The largest absolute Gasteiger partial charge is 0.508 e. The molecule has 3 aromatic carbocycles. The molecular formula is C33H43N3O5. The number of hydrogen-bond donors (Lipinski definition) is 3. The van der Waals surface area contributed by atoms with Crippen LogP contribution in [0.5, 0.6) is 5.75 Å². The van der Waals surface area contributed by atoms with E-state index in [9.17, 15) is 19.5 Å². The number of carbonyl (C=O) groups is 3. The zero-order valence-corrected chi connectivity index (χ0v) is 24.6. The van der Waals surface area contributed by atoms with Gasteiger partial charge in [-0.2, -0.15) is 0 Å². The smallest absolute Gasteiger partial charge is 0.408 e. The summed E-state index contributed by atoms with van der Waals surface area (Å²) < 4.78 is 5.29. The Morgan fingerprint density at radius 3 is 2.24 bits per heavy atom. The Bertz CT molecular complexity index is 1320. The summed E-state index contributed by atoms with van der Waals surface area (Å²) in [4.78, 5) is 41.3. The van der Waals surface area contributed by atoms with Crippen molar-refractivity contribution in [2.75, 3.05) is 18.4 Å². The van der Waals surface area contributed by atoms with Crippen LogP contribution in [0.1, 0.15) is 77.8 Å². The molecule has 3 N–H and O–H groups in total. The van der Waals surface area contributed by atoms with E-state index in [0.29, 0.717) is 17.7 Å². The number of para-hydroxylation sites is 1. The van der Waals surface area contributed by atoms with Crippen LogP contribution in [0.15, 0.2) is 66.7 Å². The second kappa shape index (κ2) is 15.1. The quantitative estimate of drug-likeness (QED) is 0.196. The highest BCUT2D eigenvalue weighted by molar-refractivity contribution is 6.00. The van der Waals surface area contributed by atoms with Gasteiger partial charge in [-0.1, -0.05) is 87.6 Å². The SMILES string of the molecule is CCCCCCCCN(C(=O)CNC(=O)OC(C)(C)C)C(C(=O)Nc1ccc2ccccc2c1)c1ccccc1O. The Morgan fingerprint density at radius 1 is 0.878 bits per heavy atom. The second-order valence-electron chi connectivity index (χ2n) is 11.2. The number of nitrogens with one attached hydrogen (secondary N) is 2. The summed E-state index contributed by atoms with van der Waals surface area (Å²) in [6, 6.07) is 18.8. The molecule has 8 heteroatoms. The van der Waals surface area contributed by atoms with Gasteiger partial charge in [0.1, 0.15) is 23.9 Å². The van der Waals surface area contributed by atoms with Crippen molar-refractivity contribution in [3.63, 3.8) is 0 Å². The van der Waals surface area contributed by atoms with Crippen molar-refractivity contribution in [2.24, 2.45) is 0 Å². The third kappa shape index (κ3) is 9.81. The molecule has 3 rings (SSSR count). The number of fused-ring (bicyclic) bond motifs is 1. The molecule has 0 saturated heterocycles. The number of hydrogen-bond acceptors (Lipinski definition) is 5. The molecule has 0 bridgehead atoms. The lowest BCUT2D eigenvalue weighted by Gasteiger charge is -2.32. The molecule has 220 valence electrons. The van der Waals surface area contributed by atoms with Gasteiger partial charge >= 0.3 is 6.09 Å². The zero-order valence-electron chi connectivity index (χ0n) is 24.6. The number of nitrogens with zero attached hydrogens (tertiary/aromatic N) is 1. The molecule has 0 radical (unpaired) electrons. The summed E-state index contributed by atoms with van der Waals surface area (Å²) in [5.41, 5.74) is 0.166. The van der Waals surface area contributed by atoms with Gasteiger partial charge in [0.2, 0.25) is 5.91 Å². The van der Waals surface area contributed by atoms with Crippen molar-refractivity contribution in [2.45, 2.75) is 77.9 Å². The van der Waals surface area contributed by atoms with Gasteiger partial charge in [0, 0.05) is 17.8 Å². The fourth-order valence-electron chi connectivity index (χ4n) is 4.67. The predicted octanol–water partition coefficient (Wildman–Crippen LogP) is 6.94. The maximum Gasteiger partial charge on any atom is 0.408 e. The van der Waals surface area contributed by atoms with Gasteiger partial charge in [-0.3, -0.25) is 9.59 Å². The lowest BCUT2D eigenvalue weighted by molar-refractivity contribution is -0.138. The van der Waals surface area contributed by atoms with Gasteiger partial charge in [-0.15, -0.1) is 0 Å². The van der Waals surface area contributed by atoms with E-state index < -0.39 is 29.6 Å². The van der Waals surface area contributed by atoms with Crippen LogP contribution in [0, 0.1) is 0 Å². The molecule has 0 aliphatic rings. The topological polar surface area (TPSA) is 108 Å². The van der Waals surface area contributed by atoms with Gasteiger partial charge in [-0.05, 0) is 56.2 Å². The number of carbonyl (C=O) groups excluding carboxylic acids is 3. The number of ether oxygens (including phenoxy) is 1. The minimum Gasteiger partial charge on any atom is -0.508 e. The summed E-state index contributed by atoms with van der Waals surface area (Å²) in [7, 11) is 0. The molecule has 8 nitrogen and oxygen atoms in total. The van der Waals surface area contributed by atoms with E-state index in [1.54, 1.807) is 39.0 Å². The van der Waals surface area contributed by atoms with Gasteiger partial charge in [-0.25, -0.2) is 4.79 Å². The normalized spacial score (nSPS) is 12.0. The van der Waals surface area contributed by atoms with Crippen LogP contribution in [-0.4, -0.2) is 46.6 Å². The molecule has 0 aromatic heterocycles. The summed E-state index contributed by atoms with van der Waals surface area (Å²) in [6.45, 7) is 7.31. The van der Waals surface area contributed by atoms with E-state index in [2.05, 4.69) is 17.6 Å².